The SMILES string of the molecule is C.C.C=C=C=C=C=C=C=C=C=C=C=C=C=C=C.CC(C)CCON=O.CNCCNC.COC(=O)C(Br)CC1CCOCC1.COC(=O)C(CC1CCOCC1)n1ncc2c(Br)c(OC)ccc21.COc1ccc(N)c(C)c1Br.COc1ccc([N+](=O)[O-])c(C)c1Br.COc1ccc2[nH]ncc2c1Br.Cc1c([N+](=O)[O-])ccc(O)c1Br.Cc1cc(O)ccc1[N+](=O)[O-].O=S([O-])C1CC1.[B][B]B([B])B(B([B])[B])B(B([B])[B])B([B])[B].[Na+]. The molecule has 3 fully saturated rings. The monoisotopic (exact) mass is 2430 g/mol. The molecule has 4 heterocycles. The van der Waals surface area contributed by atoms with Gasteiger partial charge in [-0.1, -0.05) is 67.2 Å². The first-order chi connectivity index (χ1) is 69.3. The number of esters is 2. The number of aromatic hydroxyl groups is 2. The number of likely N-dealkylation sites (N-methyl/N-ethyl adjacent to an activating group) is 2. The van der Waals surface area contributed by atoms with Crippen LogP contribution in [0.3, 0.4) is 0 Å². The van der Waals surface area contributed by atoms with E-state index in [0.717, 1.165) is 155 Å². The summed E-state index contributed by atoms with van der Waals surface area (Å²) < 4.78 is 65.8. The van der Waals surface area contributed by atoms with Crippen LogP contribution in [-0.4, -0.2) is 286 Å². The second-order valence-corrected chi connectivity index (χ2v) is 37.3. The number of ether oxygens (including phenoxy) is 8. The number of nitrogen functional groups attached to an aromatic ring is 1. The number of carbonyl (C=O) groups is 2. The average molecular weight is 2430 g/mol. The number of aromatic amines is 1. The number of H-pyrrole nitrogens is 1. The number of carbonyl (C=O) groups excluding carboxylic acids is 2. The van der Waals surface area contributed by atoms with Crippen LogP contribution < -0.4 is 64.9 Å². The molecule has 3 unspecified atom stereocenters. The van der Waals surface area contributed by atoms with E-state index in [-0.39, 0.29) is 95.0 Å². The molecule has 56 heteroatoms. The molecule has 0 amide bonds. The van der Waals surface area contributed by atoms with Gasteiger partial charge in [0.25, 0.3) is 17.1 Å². The van der Waals surface area contributed by atoms with Crippen LogP contribution in [0.25, 0.3) is 21.8 Å². The van der Waals surface area contributed by atoms with Crippen molar-refractivity contribution in [1.82, 2.24) is 30.6 Å². The fraction of sp³-hybridized carbons (Fsp3) is 0.409. The smallest absolute Gasteiger partial charge is 0.772 e. The first-order valence-electron chi connectivity index (χ1n) is 44.2. The summed E-state index contributed by atoms with van der Waals surface area (Å²) >= 11 is 18.2. The number of nitrogens with zero attached hydrogens (tertiary/aromatic N) is 7. The zero-order valence-corrected chi connectivity index (χ0v) is 96.8. The maximum Gasteiger partial charge on any atom is 1.00 e. The van der Waals surface area contributed by atoms with Gasteiger partial charge in [0.15, 0.2) is 5.34 Å². The Bertz CT molecular complexity index is 5960. The van der Waals surface area contributed by atoms with E-state index in [1.807, 2.05) is 57.4 Å². The molecule has 3 aliphatic rings. The predicted octanol–water partition coefficient (Wildman–Crippen LogP) is 13.0. The van der Waals surface area contributed by atoms with Crippen molar-refractivity contribution < 1.29 is 116 Å². The molecule has 33 nitrogen and oxygen atoms in total. The minimum Gasteiger partial charge on any atom is -0.772 e. The van der Waals surface area contributed by atoms with Crippen molar-refractivity contribution in [2.45, 2.75) is 130 Å². The number of aryl methyl sites for hydroxylation is 1. The van der Waals surface area contributed by atoms with Crippen LogP contribution in [0.4, 0.5) is 22.7 Å². The summed E-state index contributed by atoms with van der Waals surface area (Å²) in [4.78, 5) is 66.6. The number of hydrogen-bond donors (Lipinski definition) is 6. The third kappa shape index (κ3) is 57.6. The van der Waals surface area contributed by atoms with Gasteiger partial charge in [-0.15, -0.1) is 4.91 Å². The van der Waals surface area contributed by atoms with Gasteiger partial charge in [0.2, 0.25) is 0 Å². The number of hydrogen-bond acceptors (Lipinski definition) is 28. The number of alkyl halides is 1. The fourth-order valence-corrected chi connectivity index (χ4v) is 16.0. The molecule has 1 aliphatic carbocycles. The van der Waals surface area contributed by atoms with E-state index in [2.05, 4.69) is 238 Å². The molecule has 17 radical (unpaired) electrons. The first kappa shape index (κ1) is 146. The molecule has 2 aliphatic heterocycles. The normalized spacial score (nSPS) is 11.7. The number of nitrogens with one attached hydrogen (secondary N) is 3. The molecular weight excluding hydrogens is 2320 g/mol. The fourth-order valence-electron chi connectivity index (χ4n) is 12.2. The number of nitrogens with two attached hydrogens (primary N) is 1. The van der Waals surface area contributed by atoms with Crippen LogP contribution in [0, 0.1) is 80.7 Å². The Labute approximate surface area is 962 Å². The van der Waals surface area contributed by atoms with Gasteiger partial charge < -0.3 is 73.9 Å². The van der Waals surface area contributed by atoms with E-state index in [4.69, 9.17) is 111 Å². The van der Waals surface area contributed by atoms with Gasteiger partial charge in [0.1, 0.15) is 52.0 Å². The zero-order valence-electron chi connectivity index (χ0n) is 84.5. The Morgan fingerprint density at radius 1 is 0.604 bits per heavy atom. The molecule has 7 N–H and O–H groups in total. The molecule has 11 rings (SSSR count). The van der Waals surface area contributed by atoms with Crippen LogP contribution in [0.5, 0.6) is 34.5 Å². The maximum absolute atomic E-state index is 12.4. The summed E-state index contributed by atoms with van der Waals surface area (Å²) in [6, 6.07) is 20.4. The summed E-state index contributed by atoms with van der Waals surface area (Å²) in [5, 5.41) is 70.7. The molecule has 1 saturated carbocycles. The van der Waals surface area contributed by atoms with Crippen molar-refractivity contribution >= 4 is 270 Å². The van der Waals surface area contributed by atoms with Crippen LogP contribution >= 0.6 is 95.6 Å². The number of nitro groups is 3. The summed E-state index contributed by atoms with van der Waals surface area (Å²) in [7, 11) is 58.9. The van der Waals surface area contributed by atoms with Gasteiger partial charge in [-0.2, -0.15) is 10.2 Å². The molecule has 149 heavy (non-hydrogen) atoms. The number of benzene rings is 6. The molecule has 0 bridgehead atoms. The molecule has 767 valence electrons. The standard InChI is InChI=1S/C17H21BrN2O4.C15H4.C9H15BrO3.C8H7BrN2O.C8H8BrNO3.C8H10BrNO.C7H6BrNO3.C7H7NO3.C5H11NO2.C4H12N2.C3H6O2S.2CH4.B15.Na/c1-22-15-4-3-13-12(16(15)18)10-19-20(13)14(17(21)23-2)9-11-5-7-24-8-6-11;1-3-5-7-9-11-13-15-14-12-10-8-6-4-2;1-12-9(11)8(10)6-7-2-4-13-5-3-7;1-12-7-3-2-6-5(8(7)9)4-10-11-6;1-5-6(10(11)12)3-4-7(13-2)8(5)9;1-5-6(10)3-4-7(11-2)8(5)9;1-4-5(9(11)12)2-3-6(10)7(4)8;1-5-4-6(9)2-3-7(5)8(10)11;1-5(2)3-4-8-6-7;1-5-3-4-6-2;4-6(5)3-1-2-3;;;1-9-13(8)15(12(6)7)14(10(2)3)11(4)5;/h3-4,10-11,14H,5-9H2,1-2H3;1-2H2;7-8H,2-6H2,1H3;2-4H,1H3,(H,10,11);3-4H,1-2H3;3-4H,10H2,1-2H3;2-3,10H,1H3;2-4,9H,1H3;5H,3-4H2,1-2H3;5-6H,3-4H2,1-2H3;3H,1-2H2,(H,4,5);2*1H4;;/q;;;;;;;;;;;;;;+1/p-1. The van der Waals surface area contributed by atoms with Crippen LogP contribution in [0.15, 0.2) is 207 Å². The molecule has 2 aromatic heterocycles. The summed E-state index contributed by atoms with van der Waals surface area (Å²) in [6.45, 7) is 23.2. The average Bonchev–Trinajstić information content (AvgIpc) is 1.63. The Hall–Kier alpha value is -8.92. The number of halogens is 6. The second kappa shape index (κ2) is 84.6. The van der Waals surface area contributed by atoms with Crippen molar-refractivity contribution in [2.24, 2.45) is 23.1 Å². The van der Waals surface area contributed by atoms with Gasteiger partial charge in [-0.3, -0.25) is 49.1 Å². The third-order valence-electron chi connectivity index (χ3n) is 20.4. The number of phenols is 2. The van der Waals surface area contributed by atoms with Gasteiger partial charge in [-0.05, 0) is 339 Å². The number of anilines is 1. The van der Waals surface area contributed by atoms with Crippen LogP contribution in [-0.2, 0) is 44.5 Å². The van der Waals surface area contributed by atoms with Crippen LogP contribution in [0.1, 0.15) is 115 Å². The van der Waals surface area contributed by atoms with E-state index in [1.165, 1.54) is 64.8 Å². The Balaban J connectivity index is -0.000000781. The molecule has 2 saturated heterocycles. The number of fused-ring (bicyclic) bond motifs is 2. The molecule has 8 aromatic rings. The van der Waals surface area contributed by atoms with Crippen molar-refractivity contribution in [3.8, 4) is 34.5 Å². The van der Waals surface area contributed by atoms with E-state index in [0.29, 0.717) is 62.2 Å². The summed E-state index contributed by atoms with van der Waals surface area (Å²) in [6.07, 6.45) is 8.01. The topological polar surface area (TPSA) is 453 Å². The number of aromatic nitrogens is 4. The minimum atomic E-state index is -1.76. The van der Waals surface area contributed by atoms with E-state index in [1.54, 1.807) is 65.2 Å². The molecular formula is C93H114B15Br6N11NaO22S. The van der Waals surface area contributed by atoms with Crippen molar-refractivity contribution in [1.29, 1.82) is 0 Å². The largest absolute Gasteiger partial charge is 1.00 e. The van der Waals surface area contributed by atoms with Gasteiger partial charge in [-0.25, -0.2) is 4.79 Å². The quantitative estimate of drug-likeness (QED) is 0.00253. The van der Waals surface area contributed by atoms with E-state index in [9.17, 15) is 53.6 Å². The number of methoxy groups -OCH3 is 6. The van der Waals surface area contributed by atoms with Gasteiger partial charge in [0.05, 0.1) is 103 Å². The van der Waals surface area contributed by atoms with Gasteiger partial charge >= 0.3 is 41.5 Å². The first-order valence-corrected chi connectivity index (χ1v) is 50.2. The zero-order chi connectivity index (χ0) is 111. The van der Waals surface area contributed by atoms with Gasteiger partial charge in [0, 0.05) is 203 Å². The Morgan fingerprint density at radius 2 is 1.01 bits per heavy atom. The maximum atomic E-state index is 12.4. The third-order valence-corrected chi connectivity index (χ3v) is 26.8. The van der Waals surface area contributed by atoms with Crippen molar-refractivity contribution in [3.05, 3.63) is 259 Å². The molecule has 0 spiro atoms. The number of rotatable bonds is 28. The van der Waals surface area contributed by atoms with Crippen LogP contribution in [0.2, 0.25) is 0 Å². The summed E-state index contributed by atoms with van der Waals surface area (Å²) in [5.74, 6) is 4.21. The molecule has 6 aromatic carbocycles. The Morgan fingerprint density at radius 3 is 1.41 bits per heavy atom. The Kier molecular flexibility index (Phi) is 83.1. The summed E-state index contributed by atoms with van der Waals surface area (Å²) in [5.41, 5.74) is 42.9. The van der Waals surface area contributed by atoms with E-state index < -0.39 is 70.2 Å². The number of nitro benzene ring substituents is 3. The van der Waals surface area contributed by atoms with Crippen molar-refractivity contribution in [3.63, 3.8) is 0 Å². The minimum absolute atomic E-state index is 0. The number of phenolic OH excluding ortho intramolecular Hbond substituents is 2. The second-order valence-electron chi connectivity index (χ2n) is 31.1. The van der Waals surface area contributed by atoms with Crippen molar-refractivity contribution in [2.75, 3.05) is 109 Å². The predicted molar refractivity (Wildman–Crippen MR) is 623 cm³/mol. The molecule has 3 atom stereocenters. The van der Waals surface area contributed by atoms with E-state index >= 15 is 0 Å².